The van der Waals surface area contributed by atoms with E-state index in [2.05, 4.69) is 0 Å². The highest BCUT2D eigenvalue weighted by Gasteiger charge is 2.31. The van der Waals surface area contributed by atoms with Gasteiger partial charge in [-0.25, -0.2) is 0 Å². The normalized spacial score (nSPS) is 18.8. The Balaban J connectivity index is 1.93. The molecular weight excluding hydrogens is 260 g/mol. The average molecular weight is 275 g/mol. The van der Waals surface area contributed by atoms with E-state index in [1.165, 1.54) is 0 Å². The third-order valence-electron chi connectivity index (χ3n) is 3.66. The van der Waals surface area contributed by atoms with Gasteiger partial charge in [0, 0.05) is 10.6 Å². The van der Waals surface area contributed by atoms with Crippen molar-refractivity contribution in [2.75, 3.05) is 6.61 Å². The lowest BCUT2D eigenvalue weighted by molar-refractivity contribution is 0.130. The molecule has 98 valence electrons. The third kappa shape index (κ3) is 2.22. The van der Waals surface area contributed by atoms with Gasteiger partial charge in [0.05, 0.1) is 18.6 Å². The topological polar surface area (TPSA) is 29.5 Å². The Morgan fingerprint density at radius 2 is 2.05 bits per heavy atom. The van der Waals surface area contributed by atoms with Gasteiger partial charge in [-0.2, -0.15) is 0 Å². The SMILES string of the molecule is Cc1ccc(C(O)C2COc3ccccc32)cc1Cl. The van der Waals surface area contributed by atoms with Crippen LogP contribution in [0.3, 0.4) is 0 Å². The van der Waals surface area contributed by atoms with Gasteiger partial charge < -0.3 is 9.84 Å². The van der Waals surface area contributed by atoms with Gasteiger partial charge in [-0.15, -0.1) is 0 Å². The summed E-state index contributed by atoms with van der Waals surface area (Å²) in [7, 11) is 0. The van der Waals surface area contributed by atoms with E-state index in [0.717, 1.165) is 22.4 Å². The summed E-state index contributed by atoms with van der Waals surface area (Å²) in [6.45, 7) is 2.46. The third-order valence-corrected chi connectivity index (χ3v) is 4.06. The number of hydrogen-bond donors (Lipinski definition) is 1. The summed E-state index contributed by atoms with van der Waals surface area (Å²) in [6.07, 6.45) is -0.596. The highest BCUT2D eigenvalue weighted by molar-refractivity contribution is 6.31. The molecule has 0 spiro atoms. The number of rotatable bonds is 2. The monoisotopic (exact) mass is 274 g/mol. The first-order valence-electron chi connectivity index (χ1n) is 6.32. The van der Waals surface area contributed by atoms with Crippen LogP contribution in [-0.2, 0) is 0 Å². The predicted octanol–water partition coefficient (Wildman–Crippen LogP) is 3.86. The van der Waals surface area contributed by atoms with Crippen molar-refractivity contribution in [3.05, 3.63) is 64.2 Å². The van der Waals surface area contributed by atoms with E-state index in [0.29, 0.717) is 11.6 Å². The summed E-state index contributed by atoms with van der Waals surface area (Å²) in [5.74, 6) is 0.833. The van der Waals surface area contributed by atoms with Crippen LogP contribution in [0.1, 0.15) is 28.7 Å². The van der Waals surface area contributed by atoms with Crippen LogP contribution in [0, 0.1) is 6.92 Å². The van der Waals surface area contributed by atoms with Crippen LogP contribution >= 0.6 is 11.6 Å². The number of aryl methyl sites for hydroxylation is 1. The second-order valence-corrected chi connectivity index (χ2v) is 5.32. The molecule has 1 heterocycles. The van der Waals surface area contributed by atoms with Gasteiger partial charge in [0.15, 0.2) is 0 Å². The van der Waals surface area contributed by atoms with Crippen molar-refractivity contribution in [2.45, 2.75) is 18.9 Å². The van der Waals surface area contributed by atoms with Crippen molar-refractivity contribution in [3.8, 4) is 5.75 Å². The lowest BCUT2D eigenvalue weighted by Crippen LogP contribution is -2.12. The Labute approximate surface area is 117 Å². The van der Waals surface area contributed by atoms with E-state index >= 15 is 0 Å². The highest BCUT2D eigenvalue weighted by Crippen LogP contribution is 2.41. The molecule has 0 saturated carbocycles. The number of fused-ring (bicyclic) bond motifs is 1. The maximum atomic E-state index is 10.5. The predicted molar refractivity (Wildman–Crippen MR) is 75.8 cm³/mol. The fourth-order valence-corrected chi connectivity index (χ4v) is 2.66. The first-order chi connectivity index (χ1) is 9.16. The van der Waals surface area contributed by atoms with Crippen LogP contribution in [0.5, 0.6) is 5.75 Å². The van der Waals surface area contributed by atoms with E-state index in [1.54, 1.807) is 0 Å². The smallest absolute Gasteiger partial charge is 0.123 e. The maximum Gasteiger partial charge on any atom is 0.123 e. The first-order valence-corrected chi connectivity index (χ1v) is 6.70. The van der Waals surface area contributed by atoms with E-state index in [1.807, 2.05) is 49.4 Å². The molecule has 2 nitrogen and oxygen atoms in total. The Kier molecular flexibility index (Phi) is 3.21. The van der Waals surface area contributed by atoms with E-state index in [4.69, 9.17) is 16.3 Å². The lowest BCUT2D eigenvalue weighted by atomic mass is 9.90. The number of benzene rings is 2. The van der Waals surface area contributed by atoms with Crippen molar-refractivity contribution in [2.24, 2.45) is 0 Å². The first kappa shape index (κ1) is 12.5. The minimum Gasteiger partial charge on any atom is -0.493 e. The van der Waals surface area contributed by atoms with Gasteiger partial charge in [0.2, 0.25) is 0 Å². The fourth-order valence-electron chi connectivity index (χ4n) is 2.47. The Hall–Kier alpha value is -1.51. The molecule has 1 N–H and O–H groups in total. The molecular formula is C16H15ClO2. The molecule has 3 heteroatoms. The van der Waals surface area contributed by atoms with Crippen molar-refractivity contribution < 1.29 is 9.84 Å². The maximum absolute atomic E-state index is 10.5. The minimum absolute atomic E-state index is 0.0324. The van der Waals surface area contributed by atoms with Gasteiger partial charge in [-0.05, 0) is 30.2 Å². The largest absolute Gasteiger partial charge is 0.493 e. The molecule has 0 bridgehead atoms. The molecule has 2 aromatic rings. The second kappa shape index (κ2) is 4.87. The lowest BCUT2D eigenvalue weighted by Gasteiger charge is -2.18. The summed E-state index contributed by atoms with van der Waals surface area (Å²) < 4.78 is 5.61. The van der Waals surface area contributed by atoms with Gasteiger partial charge in [-0.1, -0.05) is 41.9 Å². The van der Waals surface area contributed by atoms with Gasteiger partial charge in [0.25, 0.3) is 0 Å². The zero-order chi connectivity index (χ0) is 13.4. The molecule has 1 aliphatic heterocycles. The molecule has 19 heavy (non-hydrogen) atoms. The molecule has 0 saturated heterocycles. The quantitative estimate of drug-likeness (QED) is 0.901. The van der Waals surface area contributed by atoms with E-state index in [9.17, 15) is 5.11 Å². The summed E-state index contributed by atoms with van der Waals surface area (Å²) in [5, 5.41) is 11.2. The zero-order valence-electron chi connectivity index (χ0n) is 10.6. The van der Waals surface area contributed by atoms with Crippen LogP contribution < -0.4 is 4.74 Å². The number of ether oxygens (including phenoxy) is 1. The second-order valence-electron chi connectivity index (χ2n) is 4.91. The van der Waals surface area contributed by atoms with E-state index < -0.39 is 6.10 Å². The van der Waals surface area contributed by atoms with E-state index in [-0.39, 0.29) is 5.92 Å². The highest BCUT2D eigenvalue weighted by atomic mass is 35.5. The standard InChI is InChI=1S/C16H15ClO2/c1-10-6-7-11(8-14(10)17)16(18)13-9-19-15-5-3-2-4-12(13)15/h2-8,13,16,18H,9H2,1H3. The number of hydrogen-bond acceptors (Lipinski definition) is 2. The Bertz CT molecular complexity index is 609. The molecule has 0 amide bonds. The molecule has 3 rings (SSSR count). The zero-order valence-corrected chi connectivity index (χ0v) is 11.4. The average Bonchev–Trinajstić information content (AvgIpc) is 2.85. The van der Waals surface area contributed by atoms with Crippen LogP contribution in [0.4, 0.5) is 0 Å². The van der Waals surface area contributed by atoms with Crippen molar-refractivity contribution in [1.82, 2.24) is 0 Å². The van der Waals surface area contributed by atoms with Crippen LogP contribution in [0.15, 0.2) is 42.5 Å². The molecule has 0 radical (unpaired) electrons. The summed E-state index contributed by atoms with van der Waals surface area (Å²) in [5.41, 5.74) is 2.91. The molecule has 2 aromatic carbocycles. The fraction of sp³-hybridized carbons (Fsp3) is 0.250. The number of aliphatic hydroxyl groups excluding tert-OH is 1. The molecule has 0 fully saturated rings. The number of aliphatic hydroxyl groups is 1. The Morgan fingerprint density at radius 3 is 2.84 bits per heavy atom. The Morgan fingerprint density at radius 1 is 1.26 bits per heavy atom. The summed E-state index contributed by atoms with van der Waals surface area (Å²) in [4.78, 5) is 0. The minimum atomic E-state index is -0.596. The van der Waals surface area contributed by atoms with Crippen molar-refractivity contribution in [3.63, 3.8) is 0 Å². The van der Waals surface area contributed by atoms with Crippen molar-refractivity contribution in [1.29, 1.82) is 0 Å². The van der Waals surface area contributed by atoms with Crippen molar-refractivity contribution >= 4 is 11.6 Å². The molecule has 2 atom stereocenters. The van der Waals surface area contributed by atoms with Crippen LogP contribution in [0.2, 0.25) is 5.02 Å². The van der Waals surface area contributed by atoms with Gasteiger partial charge in [-0.3, -0.25) is 0 Å². The molecule has 0 aliphatic carbocycles. The summed E-state index contributed by atoms with van der Waals surface area (Å²) in [6, 6.07) is 13.5. The number of para-hydroxylation sites is 1. The van der Waals surface area contributed by atoms with Gasteiger partial charge >= 0.3 is 0 Å². The molecule has 1 aliphatic rings. The van der Waals surface area contributed by atoms with Crippen LogP contribution in [-0.4, -0.2) is 11.7 Å². The molecule has 2 unspecified atom stereocenters. The summed E-state index contributed by atoms with van der Waals surface area (Å²) >= 11 is 6.12. The van der Waals surface area contributed by atoms with Crippen LogP contribution in [0.25, 0.3) is 0 Å². The van der Waals surface area contributed by atoms with Gasteiger partial charge in [0.1, 0.15) is 5.75 Å². The molecule has 0 aromatic heterocycles. The number of halogens is 1.